The van der Waals surface area contributed by atoms with Crippen LogP contribution in [0.25, 0.3) is 10.8 Å². The van der Waals surface area contributed by atoms with Gasteiger partial charge in [-0.3, -0.25) is 0 Å². The topological polar surface area (TPSA) is 0 Å². The Hall–Kier alpha value is -1.59. The van der Waals surface area contributed by atoms with E-state index in [9.17, 15) is 4.39 Å². The van der Waals surface area contributed by atoms with E-state index in [0.717, 1.165) is 10.8 Å². The van der Waals surface area contributed by atoms with Crippen molar-refractivity contribution in [3.8, 4) is 11.5 Å². The third-order valence-corrected chi connectivity index (χ3v) is 7.63. The molecular weight excluding hydrogens is 311 g/mol. The van der Waals surface area contributed by atoms with Gasteiger partial charge in [0, 0.05) is 5.39 Å². The van der Waals surface area contributed by atoms with Crippen molar-refractivity contribution >= 4 is 20.3 Å². The van der Waals surface area contributed by atoms with E-state index in [0.29, 0.717) is 32.8 Å². The second-order valence-corrected chi connectivity index (χ2v) is 8.78. The molecular formula is C22H27FSi. The van der Waals surface area contributed by atoms with Gasteiger partial charge in [0.2, 0.25) is 0 Å². The first kappa shape index (κ1) is 18.7. The zero-order valence-corrected chi connectivity index (χ0v) is 16.6. The summed E-state index contributed by atoms with van der Waals surface area (Å²) in [6.07, 6.45) is 0. The third-order valence-electron chi connectivity index (χ3n) is 5.21. The zero-order chi connectivity index (χ0) is 17.9. The SMILES string of the molecule is CC(C)C([Si]C#Cc1c(F)ccc2ccccc12)(C(C)C)C(C)C. The third kappa shape index (κ3) is 3.42. The Morgan fingerprint density at radius 3 is 2.04 bits per heavy atom. The molecule has 2 heteroatoms. The Kier molecular flexibility index (Phi) is 5.88. The van der Waals surface area contributed by atoms with Crippen molar-refractivity contribution in [2.45, 2.75) is 46.6 Å². The second kappa shape index (κ2) is 7.53. The first-order valence-corrected chi connectivity index (χ1v) is 9.76. The van der Waals surface area contributed by atoms with E-state index in [4.69, 9.17) is 0 Å². The number of hydrogen-bond donors (Lipinski definition) is 0. The van der Waals surface area contributed by atoms with Crippen LogP contribution in [0.2, 0.25) is 5.04 Å². The van der Waals surface area contributed by atoms with Gasteiger partial charge in [-0.2, -0.15) is 0 Å². The van der Waals surface area contributed by atoms with E-state index >= 15 is 0 Å². The molecule has 0 aliphatic rings. The highest BCUT2D eigenvalue weighted by molar-refractivity contribution is 6.50. The number of benzene rings is 2. The Bertz CT molecular complexity index is 741. The van der Waals surface area contributed by atoms with Crippen molar-refractivity contribution in [3.05, 3.63) is 47.8 Å². The molecule has 0 aromatic heterocycles. The summed E-state index contributed by atoms with van der Waals surface area (Å²) >= 11 is 0. The summed E-state index contributed by atoms with van der Waals surface area (Å²) in [6, 6.07) is 11.2. The van der Waals surface area contributed by atoms with E-state index in [1.54, 1.807) is 0 Å². The molecule has 0 nitrogen and oxygen atoms in total. The van der Waals surface area contributed by atoms with Gasteiger partial charge in [-0.15, -0.1) is 5.54 Å². The molecule has 126 valence electrons. The first-order chi connectivity index (χ1) is 11.3. The lowest BCUT2D eigenvalue weighted by Gasteiger charge is -2.43. The van der Waals surface area contributed by atoms with E-state index in [2.05, 4.69) is 53.0 Å². The molecule has 24 heavy (non-hydrogen) atoms. The van der Waals surface area contributed by atoms with E-state index in [1.165, 1.54) is 6.07 Å². The summed E-state index contributed by atoms with van der Waals surface area (Å²) in [6.45, 7) is 13.7. The molecule has 0 fully saturated rings. The van der Waals surface area contributed by atoms with Crippen molar-refractivity contribution in [1.29, 1.82) is 0 Å². The normalized spacial score (nSPS) is 12.1. The fourth-order valence-corrected chi connectivity index (χ4v) is 5.28. The van der Waals surface area contributed by atoms with Gasteiger partial charge in [0.25, 0.3) is 0 Å². The van der Waals surface area contributed by atoms with Gasteiger partial charge in [-0.1, -0.05) is 77.8 Å². The van der Waals surface area contributed by atoms with Crippen molar-refractivity contribution in [2.75, 3.05) is 0 Å². The molecule has 2 aromatic rings. The molecule has 0 unspecified atom stereocenters. The molecule has 0 bridgehead atoms. The minimum atomic E-state index is -0.227. The summed E-state index contributed by atoms with van der Waals surface area (Å²) in [7, 11) is 0.500. The van der Waals surface area contributed by atoms with E-state index in [-0.39, 0.29) is 10.9 Å². The van der Waals surface area contributed by atoms with Crippen molar-refractivity contribution in [3.63, 3.8) is 0 Å². The predicted molar refractivity (Wildman–Crippen MR) is 104 cm³/mol. The largest absolute Gasteiger partial charge is 0.206 e. The van der Waals surface area contributed by atoms with Gasteiger partial charge in [-0.05, 0) is 34.2 Å². The molecule has 0 saturated heterocycles. The second-order valence-electron chi connectivity index (χ2n) is 7.42. The average molecular weight is 339 g/mol. The van der Waals surface area contributed by atoms with Crippen molar-refractivity contribution in [2.24, 2.45) is 17.8 Å². The lowest BCUT2D eigenvalue weighted by atomic mass is 9.76. The average Bonchev–Trinajstić information content (AvgIpc) is 2.52. The highest BCUT2D eigenvalue weighted by Gasteiger charge is 2.40. The number of fused-ring (bicyclic) bond motifs is 1. The zero-order valence-electron chi connectivity index (χ0n) is 15.6. The smallest absolute Gasteiger partial charge is 0.156 e. The van der Waals surface area contributed by atoms with Crippen LogP contribution >= 0.6 is 0 Å². The summed E-state index contributed by atoms with van der Waals surface area (Å²) in [5.41, 5.74) is 3.89. The van der Waals surface area contributed by atoms with Gasteiger partial charge in [0.15, 0.2) is 9.52 Å². The summed E-state index contributed by atoms with van der Waals surface area (Å²) < 4.78 is 14.3. The molecule has 0 amide bonds. The quantitative estimate of drug-likeness (QED) is 0.465. The Balaban J connectivity index is 2.45. The van der Waals surface area contributed by atoms with Crippen LogP contribution in [-0.2, 0) is 0 Å². The molecule has 0 aliphatic carbocycles. The minimum absolute atomic E-state index is 0.175. The number of hydrogen-bond acceptors (Lipinski definition) is 0. The minimum Gasteiger partial charge on any atom is -0.206 e. The van der Waals surface area contributed by atoms with Gasteiger partial charge < -0.3 is 0 Å². The van der Waals surface area contributed by atoms with Crippen LogP contribution < -0.4 is 0 Å². The molecule has 0 atom stereocenters. The maximum absolute atomic E-state index is 14.3. The van der Waals surface area contributed by atoms with E-state index < -0.39 is 0 Å². The maximum Gasteiger partial charge on any atom is 0.156 e. The summed E-state index contributed by atoms with van der Waals surface area (Å²) in [5, 5.41) is 2.11. The molecule has 2 radical (unpaired) electrons. The molecule has 0 heterocycles. The Morgan fingerprint density at radius 1 is 0.875 bits per heavy atom. The monoisotopic (exact) mass is 338 g/mol. The van der Waals surface area contributed by atoms with Crippen molar-refractivity contribution in [1.82, 2.24) is 0 Å². The lowest BCUT2D eigenvalue weighted by Crippen LogP contribution is -2.36. The number of rotatable bonds is 4. The Morgan fingerprint density at radius 2 is 1.46 bits per heavy atom. The van der Waals surface area contributed by atoms with Crippen LogP contribution in [0.5, 0.6) is 0 Å². The van der Waals surface area contributed by atoms with Crippen LogP contribution in [-0.4, -0.2) is 9.52 Å². The molecule has 2 rings (SSSR count). The highest BCUT2D eigenvalue weighted by Crippen LogP contribution is 2.49. The maximum atomic E-state index is 14.3. The summed E-state index contributed by atoms with van der Waals surface area (Å²) in [4.78, 5) is 0. The molecule has 0 saturated carbocycles. The molecule has 0 N–H and O–H groups in total. The Labute approximate surface area is 148 Å². The molecule has 2 aromatic carbocycles. The lowest BCUT2D eigenvalue weighted by molar-refractivity contribution is 0.233. The summed E-state index contributed by atoms with van der Waals surface area (Å²) in [5.74, 6) is 4.57. The van der Waals surface area contributed by atoms with Gasteiger partial charge in [0.1, 0.15) is 5.82 Å². The first-order valence-electron chi connectivity index (χ1n) is 8.76. The fraction of sp³-hybridized carbons (Fsp3) is 0.455. The van der Waals surface area contributed by atoms with Crippen LogP contribution in [0.4, 0.5) is 4.39 Å². The fourth-order valence-electron chi connectivity index (χ4n) is 4.01. The van der Waals surface area contributed by atoms with Gasteiger partial charge >= 0.3 is 0 Å². The van der Waals surface area contributed by atoms with Crippen LogP contribution in [0.1, 0.15) is 47.1 Å². The van der Waals surface area contributed by atoms with E-state index in [1.807, 2.05) is 30.3 Å². The van der Waals surface area contributed by atoms with Crippen LogP contribution in [0, 0.1) is 35.0 Å². The van der Waals surface area contributed by atoms with Crippen LogP contribution in [0.15, 0.2) is 36.4 Å². The molecule has 0 spiro atoms. The molecule has 0 aliphatic heterocycles. The highest BCUT2D eigenvalue weighted by atomic mass is 28.2. The standard InChI is InChI=1S/C22H27FSi/c1-15(2)22(16(3)4,17(5)6)24-14-13-20-19-10-8-7-9-18(19)11-12-21(20)23/h7-12,15-17H,1-6H3. The van der Waals surface area contributed by atoms with Crippen LogP contribution in [0.3, 0.4) is 0 Å². The predicted octanol–water partition coefficient (Wildman–Crippen LogP) is 6.12. The van der Waals surface area contributed by atoms with Gasteiger partial charge in [0.05, 0.1) is 5.56 Å². The van der Waals surface area contributed by atoms with Crippen molar-refractivity contribution < 1.29 is 4.39 Å². The number of halogens is 1. The van der Waals surface area contributed by atoms with Gasteiger partial charge in [-0.25, -0.2) is 4.39 Å².